The zero-order valence-corrected chi connectivity index (χ0v) is 14.5. The smallest absolute Gasteiger partial charge is 0.224 e. The number of halogens is 1. The number of para-hydroxylation sites is 1. The monoisotopic (exact) mass is 344 g/mol. The molecule has 23 heavy (non-hydrogen) atoms. The van der Waals surface area contributed by atoms with Gasteiger partial charge in [0.25, 0.3) is 0 Å². The summed E-state index contributed by atoms with van der Waals surface area (Å²) in [7, 11) is 0. The lowest BCUT2D eigenvalue weighted by molar-refractivity contribution is -0.116. The minimum atomic E-state index is 0.0116. The first kappa shape index (κ1) is 16.0. The van der Waals surface area contributed by atoms with Gasteiger partial charge >= 0.3 is 0 Å². The van der Waals surface area contributed by atoms with Crippen LogP contribution in [0.5, 0.6) is 0 Å². The lowest BCUT2D eigenvalue weighted by Crippen LogP contribution is -2.13. The number of benzene rings is 2. The first-order valence-electron chi connectivity index (χ1n) is 7.48. The van der Waals surface area contributed by atoms with Gasteiger partial charge in [-0.05, 0) is 36.2 Å². The third-order valence-electron chi connectivity index (χ3n) is 3.37. The second kappa shape index (κ2) is 6.69. The van der Waals surface area contributed by atoms with Crippen LogP contribution in [-0.4, -0.2) is 10.9 Å². The van der Waals surface area contributed by atoms with E-state index in [1.54, 1.807) is 17.4 Å². The zero-order chi connectivity index (χ0) is 16.4. The van der Waals surface area contributed by atoms with Crippen LogP contribution in [0.2, 0.25) is 5.02 Å². The number of anilines is 1. The molecule has 0 aliphatic rings. The molecule has 1 aromatic heterocycles. The maximum absolute atomic E-state index is 11.9. The molecule has 0 aliphatic carbocycles. The molecule has 0 atom stereocenters. The zero-order valence-electron chi connectivity index (χ0n) is 13.0. The van der Waals surface area contributed by atoms with E-state index in [9.17, 15) is 4.79 Å². The van der Waals surface area contributed by atoms with E-state index in [2.05, 4.69) is 10.3 Å². The molecule has 0 saturated carbocycles. The van der Waals surface area contributed by atoms with E-state index in [1.165, 1.54) is 0 Å². The third-order valence-corrected chi connectivity index (χ3v) is 4.77. The Morgan fingerprint density at radius 2 is 2.04 bits per heavy atom. The summed E-state index contributed by atoms with van der Waals surface area (Å²) in [6.45, 7) is 4.04. The summed E-state index contributed by atoms with van der Waals surface area (Å²) in [5.41, 5.74) is 2.54. The van der Waals surface area contributed by atoms with Gasteiger partial charge in [-0.3, -0.25) is 4.79 Å². The van der Waals surface area contributed by atoms with Crippen molar-refractivity contribution in [3.05, 3.63) is 47.5 Å². The lowest BCUT2D eigenvalue weighted by Gasteiger charge is -2.09. The van der Waals surface area contributed by atoms with Gasteiger partial charge in [0.1, 0.15) is 5.01 Å². The Bertz CT molecular complexity index is 824. The van der Waals surface area contributed by atoms with Crippen molar-refractivity contribution in [3.8, 4) is 10.6 Å². The maximum atomic E-state index is 11.9. The van der Waals surface area contributed by atoms with Crippen molar-refractivity contribution in [2.45, 2.75) is 20.3 Å². The number of hydrogen-bond acceptors (Lipinski definition) is 3. The van der Waals surface area contributed by atoms with Gasteiger partial charge in [-0.15, -0.1) is 11.3 Å². The third kappa shape index (κ3) is 3.71. The Morgan fingerprint density at radius 3 is 2.78 bits per heavy atom. The molecule has 1 heterocycles. The molecule has 1 N–H and O–H groups in total. The SMILES string of the molecule is CC(C)CC(=O)Nc1ccc(Cl)c(-c2nc3ccccc3s2)c1. The van der Waals surface area contributed by atoms with Crippen molar-refractivity contribution >= 4 is 44.7 Å². The molecule has 1 amide bonds. The summed E-state index contributed by atoms with van der Waals surface area (Å²) in [5.74, 6) is 0.337. The summed E-state index contributed by atoms with van der Waals surface area (Å²) >= 11 is 7.93. The summed E-state index contributed by atoms with van der Waals surface area (Å²) in [5, 5.41) is 4.41. The fourth-order valence-electron chi connectivity index (χ4n) is 2.34. The van der Waals surface area contributed by atoms with E-state index in [1.807, 2.05) is 50.2 Å². The number of aromatic nitrogens is 1. The van der Waals surface area contributed by atoms with Gasteiger partial charge in [0.2, 0.25) is 5.91 Å². The summed E-state index contributed by atoms with van der Waals surface area (Å²) in [4.78, 5) is 16.6. The lowest BCUT2D eigenvalue weighted by atomic mass is 10.1. The van der Waals surface area contributed by atoms with E-state index in [0.717, 1.165) is 26.5 Å². The first-order chi connectivity index (χ1) is 11.0. The molecular formula is C18H17ClN2OS. The summed E-state index contributed by atoms with van der Waals surface area (Å²) < 4.78 is 1.12. The quantitative estimate of drug-likeness (QED) is 0.669. The van der Waals surface area contributed by atoms with Crippen molar-refractivity contribution in [1.29, 1.82) is 0 Å². The molecule has 3 aromatic rings. The van der Waals surface area contributed by atoms with E-state index >= 15 is 0 Å². The van der Waals surface area contributed by atoms with E-state index in [-0.39, 0.29) is 5.91 Å². The standard InChI is InChI=1S/C18H17ClN2OS/c1-11(2)9-17(22)20-12-7-8-14(19)13(10-12)18-21-15-5-3-4-6-16(15)23-18/h3-8,10-11H,9H2,1-2H3,(H,20,22). The molecule has 3 nitrogen and oxygen atoms in total. The number of thiazole rings is 1. The van der Waals surface area contributed by atoms with Crippen molar-refractivity contribution in [1.82, 2.24) is 4.98 Å². The average molecular weight is 345 g/mol. The van der Waals surface area contributed by atoms with Gasteiger partial charge in [-0.25, -0.2) is 4.98 Å². The van der Waals surface area contributed by atoms with Crippen LogP contribution in [0.4, 0.5) is 5.69 Å². The summed E-state index contributed by atoms with van der Waals surface area (Å²) in [6.07, 6.45) is 0.499. The molecule has 0 unspecified atom stereocenters. The fraction of sp³-hybridized carbons (Fsp3) is 0.222. The Hall–Kier alpha value is -1.91. The molecule has 0 spiro atoms. The predicted octanol–water partition coefficient (Wildman–Crippen LogP) is 5.60. The van der Waals surface area contributed by atoms with Crippen LogP contribution in [0.15, 0.2) is 42.5 Å². The van der Waals surface area contributed by atoms with Crippen LogP contribution in [0.3, 0.4) is 0 Å². The fourth-order valence-corrected chi connectivity index (χ4v) is 3.60. The highest BCUT2D eigenvalue weighted by Crippen LogP contribution is 2.35. The van der Waals surface area contributed by atoms with Gasteiger partial charge in [-0.1, -0.05) is 37.6 Å². The van der Waals surface area contributed by atoms with Gasteiger partial charge in [0.05, 0.1) is 15.2 Å². The second-order valence-electron chi connectivity index (χ2n) is 5.83. The van der Waals surface area contributed by atoms with Crippen molar-refractivity contribution in [2.24, 2.45) is 5.92 Å². The normalized spacial score (nSPS) is 11.1. The van der Waals surface area contributed by atoms with Crippen LogP contribution < -0.4 is 5.32 Å². The van der Waals surface area contributed by atoms with Gasteiger partial charge < -0.3 is 5.32 Å². The van der Waals surface area contributed by atoms with Crippen molar-refractivity contribution in [2.75, 3.05) is 5.32 Å². The van der Waals surface area contributed by atoms with Gasteiger partial charge in [0, 0.05) is 17.7 Å². The molecule has 0 bridgehead atoms. The minimum absolute atomic E-state index is 0.0116. The van der Waals surface area contributed by atoms with Crippen LogP contribution in [0.25, 0.3) is 20.8 Å². The Kier molecular flexibility index (Phi) is 4.64. The minimum Gasteiger partial charge on any atom is -0.326 e. The van der Waals surface area contributed by atoms with Crippen LogP contribution in [-0.2, 0) is 4.79 Å². The highest BCUT2D eigenvalue weighted by atomic mass is 35.5. The molecule has 3 rings (SSSR count). The number of rotatable bonds is 4. The van der Waals surface area contributed by atoms with E-state index in [0.29, 0.717) is 17.4 Å². The number of fused-ring (bicyclic) bond motifs is 1. The number of carbonyl (C=O) groups excluding carboxylic acids is 1. The molecule has 0 aliphatic heterocycles. The highest BCUT2D eigenvalue weighted by Gasteiger charge is 2.12. The van der Waals surface area contributed by atoms with Crippen LogP contribution in [0.1, 0.15) is 20.3 Å². The largest absolute Gasteiger partial charge is 0.326 e. The molecule has 2 aromatic carbocycles. The topological polar surface area (TPSA) is 42.0 Å². The molecule has 0 saturated heterocycles. The highest BCUT2D eigenvalue weighted by molar-refractivity contribution is 7.21. The van der Waals surface area contributed by atoms with Crippen LogP contribution >= 0.6 is 22.9 Å². The van der Waals surface area contributed by atoms with E-state index in [4.69, 9.17) is 11.6 Å². The number of nitrogens with one attached hydrogen (secondary N) is 1. The van der Waals surface area contributed by atoms with Gasteiger partial charge in [-0.2, -0.15) is 0 Å². The number of nitrogens with zero attached hydrogens (tertiary/aromatic N) is 1. The van der Waals surface area contributed by atoms with Crippen molar-refractivity contribution in [3.63, 3.8) is 0 Å². The molecule has 5 heteroatoms. The predicted molar refractivity (Wildman–Crippen MR) is 98.2 cm³/mol. The Labute approximate surface area is 144 Å². The number of hydrogen-bond donors (Lipinski definition) is 1. The molecule has 0 fully saturated rings. The van der Waals surface area contributed by atoms with E-state index < -0.39 is 0 Å². The van der Waals surface area contributed by atoms with Gasteiger partial charge in [0.15, 0.2) is 0 Å². The average Bonchev–Trinajstić information content (AvgIpc) is 2.92. The second-order valence-corrected chi connectivity index (χ2v) is 7.27. The summed E-state index contributed by atoms with van der Waals surface area (Å²) in [6, 6.07) is 13.5. The number of carbonyl (C=O) groups is 1. The molecule has 118 valence electrons. The number of amides is 1. The first-order valence-corrected chi connectivity index (χ1v) is 8.67. The molecule has 0 radical (unpaired) electrons. The maximum Gasteiger partial charge on any atom is 0.224 e. The van der Waals surface area contributed by atoms with Crippen molar-refractivity contribution < 1.29 is 4.79 Å². The van der Waals surface area contributed by atoms with Crippen LogP contribution in [0, 0.1) is 5.92 Å². The Morgan fingerprint density at radius 1 is 1.26 bits per heavy atom. The molecular weight excluding hydrogens is 328 g/mol. The Balaban J connectivity index is 1.92.